The Bertz CT molecular complexity index is 1010. The summed E-state index contributed by atoms with van der Waals surface area (Å²) >= 11 is 6.07. The number of carbonyl (C=O) groups excluding carboxylic acids is 1. The van der Waals surface area contributed by atoms with E-state index in [0.29, 0.717) is 33.1 Å². The molecule has 0 bridgehead atoms. The number of hydrogen-bond donors (Lipinski definition) is 2. The topological polar surface area (TPSA) is 80.4 Å². The van der Waals surface area contributed by atoms with Gasteiger partial charge >= 0.3 is 0 Å². The summed E-state index contributed by atoms with van der Waals surface area (Å²) in [6, 6.07) is 11.5. The molecule has 0 aliphatic carbocycles. The van der Waals surface area contributed by atoms with Gasteiger partial charge < -0.3 is 19.8 Å². The first-order valence-electron chi connectivity index (χ1n) is 7.38. The molecule has 0 aliphatic rings. The van der Waals surface area contributed by atoms with Crippen LogP contribution in [0, 0.1) is 0 Å². The number of pyridine rings is 1. The van der Waals surface area contributed by atoms with Crippen LogP contribution in [0.25, 0.3) is 10.9 Å². The monoisotopic (exact) mass is 358 g/mol. The Morgan fingerprint density at radius 3 is 2.52 bits per heavy atom. The number of fused-ring (bicyclic) bond motifs is 1. The molecular weight excluding hydrogens is 344 g/mol. The van der Waals surface area contributed by atoms with Gasteiger partial charge in [-0.15, -0.1) is 0 Å². The lowest BCUT2D eigenvalue weighted by Gasteiger charge is -2.13. The van der Waals surface area contributed by atoms with Crippen LogP contribution >= 0.6 is 11.6 Å². The van der Waals surface area contributed by atoms with Crippen LogP contribution in [0.15, 0.2) is 47.3 Å². The van der Waals surface area contributed by atoms with E-state index in [9.17, 15) is 9.59 Å². The number of carbonyl (C=O) groups is 1. The average molecular weight is 359 g/mol. The maximum absolute atomic E-state index is 12.7. The van der Waals surface area contributed by atoms with E-state index in [-0.39, 0.29) is 11.1 Å². The molecule has 0 spiro atoms. The van der Waals surface area contributed by atoms with E-state index >= 15 is 0 Å². The molecule has 0 radical (unpaired) electrons. The molecule has 0 fully saturated rings. The van der Waals surface area contributed by atoms with Crippen molar-refractivity contribution in [2.75, 3.05) is 19.5 Å². The first-order chi connectivity index (χ1) is 12.0. The van der Waals surface area contributed by atoms with Gasteiger partial charge in [0.05, 0.1) is 30.5 Å². The third-order valence-electron chi connectivity index (χ3n) is 3.72. The lowest BCUT2D eigenvalue weighted by atomic mass is 10.1. The van der Waals surface area contributed by atoms with Gasteiger partial charge in [-0.25, -0.2) is 0 Å². The fourth-order valence-corrected chi connectivity index (χ4v) is 2.77. The van der Waals surface area contributed by atoms with Crippen LogP contribution in [-0.4, -0.2) is 25.1 Å². The van der Waals surface area contributed by atoms with Crippen molar-refractivity contribution in [1.29, 1.82) is 0 Å². The molecule has 7 heteroatoms. The molecule has 1 heterocycles. The summed E-state index contributed by atoms with van der Waals surface area (Å²) in [5, 5.41) is 3.74. The molecule has 0 saturated carbocycles. The molecule has 0 aliphatic heterocycles. The molecule has 2 N–H and O–H groups in total. The molecule has 0 saturated heterocycles. The zero-order chi connectivity index (χ0) is 18.0. The van der Waals surface area contributed by atoms with Gasteiger partial charge in [0.1, 0.15) is 11.5 Å². The Morgan fingerprint density at radius 1 is 1.08 bits per heavy atom. The van der Waals surface area contributed by atoms with Crippen LogP contribution in [0.5, 0.6) is 11.5 Å². The second kappa shape index (κ2) is 6.86. The number of benzene rings is 2. The Balaban J connectivity index is 2.05. The molecular formula is C18H15ClN2O4. The Labute approximate surface area is 148 Å². The van der Waals surface area contributed by atoms with Crippen molar-refractivity contribution in [3.05, 3.63) is 63.4 Å². The smallest absolute Gasteiger partial charge is 0.256 e. The fourth-order valence-electron chi connectivity index (χ4n) is 2.54. The Morgan fingerprint density at radius 2 is 1.80 bits per heavy atom. The first kappa shape index (κ1) is 16.9. The van der Waals surface area contributed by atoms with E-state index in [1.54, 1.807) is 36.4 Å². The number of anilines is 1. The second-order valence-electron chi connectivity index (χ2n) is 5.23. The Kier molecular flexibility index (Phi) is 4.63. The quantitative estimate of drug-likeness (QED) is 0.748. The van der Waals surface area contributed by atoms with E-state index in [4.69, 9.17) is 21.1 Å². The van der Waals surface area contributed by atoms with Crippen molar-refractivity contribution in [2.24, 2.45) is 0 Å². The van der Waals surface area contributed by atoms with Gasteiger partial charge in [0.25, 0.3) is 5.91 Å². The van der Waals surface area contributed by atoms with Gasteiger partial charge in [-0.3, -0.25) is 9.59 Å². The van der Waals surface area contributed by atoms with Gasteiger partial charge in [0.2, 0.25) is 5.56 Å². The average Bonchev–Trinajstić information content (AvgIpc) is 2.61. The minimum atomic E-state index is -0.440. The van der Waals surface area contributed by atoms with Gasteiger partial charge in [-0.05, 0) is 6.07 Å². The van der Waals surface area contributed by atoms with E-state index < -0.39 is 5.91 Å². The summed E-state index contributed by atoms with van der Waals surface area (Å²) in [6.45, 7) is 0. The van der Waals surface area contributed by atoms with Gasteiger partial charge in [-0.1, -0.05) is 29.8 Å². The maximum Gasteiger partial charge on any atom is 0.256 e. The summed E-state index contributed by atoms with van der Waals surface area (Å²) in [4.78, 5) is 27.3. The predicted molar refractivity (Wildman–Crippen MR) is 97.1 cm³/mol. The van der Waals surface area contributed by atoms with Crippen LogP contribution in [0.3, 0.4) is 0 Å². The number of aromatic nitrogens is 1. The second-order valence-corrected chi connectivity index (χ2v) is 5.64. The summed E-state index contributed by atoms with van der Waals surface area (Å²) in [5.41, 5.74) is 0.874. The lowest BCUT2D eigenvalue weighted by molar-refractivity contribution is 0.102. The number of para-hydroxylation sites is 1. The summed E-state index contributed by atoms with van der Waals surface area (Å²) in [7, 11) is 2.94. The van der Waals surface area contributed by atoms with Crippen LogP contribution < -0.4 is 20.3 Å². The zero-order valence-electron chi connectivity index (χ0n) is 13.6. The summed E-state index contributed by atoms with van der Waals surface area (Å²) < 4.78 is 10.4. The number of rotatable bonds is 4. The van der Waals surface area contributed by atoms with Crippen LogP contribution in [0.1, 0.15) is 10.4 Å². The number of aromatic amines is 1. The van der Waals surface area contributed by atoms with Crippen LogP contribution in [-0.2, 0) is 0 Å². The minimum absolute atomic E-state index is 0.260. The highest BCUT2D eigenvalue weighted by atomic mass is 35.5. The molecule has 0 atom stereocenters. The van der Waals surface area contributed by atoms with Gasteiger partial charge in [0, 0.05) is 29.1 Å². The number of hydrogen-bond acceptors (Lipinski definition) is 4. The zero-order valence-corrected chi connectivity index (χ0v) is 14.3. The number of halogens is 1. The van der Waals surface area contributed by atoms with Crippen LogP contribution in [0.4, 0.5) is 5.69 Å². The minimum Gasteiger partial charge on any atom is -0.495 e. The fraction of sp³-hybridized carbons (Fsp3) is 0.111. The molecule has 0 unspecified atom stereocenters. The molecule has 3 aromatic rings. The van der Waals surface area contributed by atoms with Crippen molar-refractivity contribution in [1.82, 2.24) is 4.98 Å². The predicted octanol–water partition coefficient (Wildman–Crippen LogP) is 3.45. The van der Waals surface area contributed by atoms with Crippen molar-refractivity contribution in [3.8, 4) is 11.5 Å². The highest BCUT2D eigenvalue weighted by molar-refractivity contribution is 6.32. The largest absolute Gasteiger partial charge is 0.495 e. The molecule has 1 amide bonds. The third kappa shape index (κ3) is 3.29. The molecule has 25 heavy (non-hydrogen) atoms. The number of H-pyrrole nitrogens is 1. The van der Waals surface area contributed by atoms with E-state index in [0.717, 1.165) is 0 Å². The van der Waals surface area contributed by atoms with Gasteiger partial charge in [0.15, 0.2) is 0 Å². The standard InChI is InChI=1S/C18H15ClN2O4/c1-24-15-9-14(16(25-2)8-12(15)19)21-18(23)11-7-17(22)20-13-6-4-3-5-10(11)13/h3-9H,1-2H3,(H,20,22)(H,21,23). The summed E-state index contributed by atoms with van der Waals surface area (Å²) in [6.07, 6.45) is 0. The molecule has 3 rings (SSSR count). The van der Waals surface area contributed by atoms with E-state index in [2.05, 4.69) is 10.3 Å². The third-order valence-corrected chi connectivity index (χ3v) is 4.01. The van der Waals surface area contributed by atoms with Crippen LogP contribution in [0.2, 0.25) is 5.02 Å². The number of nitrogens with one attached hydrogen (secondary N) is 2. The molecule has 128 valence electrons. The highest BCUT2D eigenvalue weighted by Crippen LogP contribution is 2.36. The summed E-state index contributed by atoms with van der Waals surface area (Å²) in [5.74, 6) is 0.340. The number of ether oxygens (including phenoxy) is 2. The van der Waals surface area contributed by atoms with Crippen molar-refractivity contribution in [2.45, 2.75) is 0 Å². The van der Waals surface area contributed by atoms with E-state index in [1.165, 1.54) is 20.3 Å². The number of methoxy groups -OCH3 is 2. The lowest BCUT2D eigenvalue weighted by Crippen LogP contribution is -2.17. The Hall–Kier alpha value is -2.99. The van der Waals surface area contributed by atoms with Gasteiger partial charge in [-0.2, -0.15) is 0 Å². The van der Waals surface area contributed by atoms with E-state index in [1.807, 2.05) is 0 Å². The highest BCUT2D eigenvalue weighted by Gasteiger charge is 2.16. The van der Waals surface area contributed by atoms with Crippen molar-refractivity contribution in [3.63, 3.8) is 0 Å². The molecule has 2 aromatic carbocycles. The SMILES string of the molecule is COc1cc(NC(=O)c2cc(=O)[nH]c3ccccc23)c(OC)cc1Cl. The van der Waals surface area contributed by atoms with Crippen molar-refractivity contribution < 1.29 is 14.3 Å². The molecule has 1 aromatic heterocycles. The molecule has 6 nitrogen and oxygen atoms in total. The van der Waals surface area contributed by atoms with Crippen molar-refractivity contribution >= 4 is 34.1 Å². The maximum atomic E-state index is 12.7. The first-order valence-corrected chi connectivity index (χ1v) is 7.76. The number of amides is 1. The normalized spacial score (nSPS) is 10.5.